The molecule has 1 aromatic rings. The van der Waals surface area contributed by atoms with Gasteiger partial charge in [-0.3, -0.25) is 4.99 Å². The fourth-order valence-corrected chi connectivity index (χ4v) is 2.16. The minimum atomic E-state index is 0.454. The highest BCUT2D eigenvalue weighted by molar-refractivity contribution is 7.07. The molecule has 0 radical (unpaired) electrons. The summed E-state index contributed by atoms with van der Waals surface area (Å²) in [5, 5.41) is 7.45. The summed E-state index contributed by atoms with van der Waals surface area (Å²) in [5.74, 6) is 1.05. The number of hydrogen-bond donors (Lipinski definition) is 2. The van der Waals surface area contributed by atoms with Crippen LogP contribution >= 0.6 is 11.3 Å². The highest BCUT2D eigenvalue weighted by Gasteiger charge is 2.21. The predicted octanol–water partition coefficient (Wildman–Crippen LogP) is 1.92. The Bertz CT molecular complexity index is 328. The topological polar surface area (TPSA) is 50.4 Å². The lowest BCUT2D eigenvalue weighted by Gasteiger charge is -2.07. The van der Waals surface area contributed by atoms with Crippen LogP contribution in [0.25, 0.3) is 0 Å². The Morgan fingerprint density at radius 1 is 1.73 bits per heavy atom. The Balaban J connectivity index is 1.80. The maximum Gasteiger partial charge on any atom is 0.188 e. The second kappa shape index (κ2) is 4.66. The van der Waals surface area contributed by atoms with Gasteiger partial charge in [-0.1, -0.05) is 6.92 Å². The van der Waals surface area contributed by atoms with Crippen molar-refractivity contribution in [2.45, 2.75) is 31.7 Å². The Hall–Kier alpha value is -1.03. The zero-order chi connectivity index (χ0) is 10.7. The van der Waals surface area contributed by atoms with Crippen LogP contribution in [0, 0.1) is 0 Å². The van der Waals surface area contributed by atoms with Gasteiger partial charge in [0.2, 0.25) is 0 Å². The molecule has 0 bridgehead atoms. The van der Waals surface area contributed by atoms with Crippen LogP contribution in [0.1, 0.15) is 31.2 Å². The quantitative estimate of drug-likeness (QED) is 0.605. The average molecular weight is 223 g/mol. The van der Waals surface area contributed by atoms with Crippen LogP contribution in [0.3, 0.4) is 0 Å². The molecule has 0 saturated heterocycles. The van der Waals surface area contributed by atoms with Gasteiger partial charge in [0, 0.05) is 18.5 Å². The normalized spacial score (nSPS) is 18.9. The van der Waals surface area contributed by atoms with Crippen molar-refractivity contribution < 1.29 is 0 Å². The third kappa shape index (κ3) is 3.23. The third-order valence-electron chi connectivity index (χ3n) is 2.58. The molecular weight excluding hydrogens is 206 g/mol. The third-order valence-corrected chi connectivity index (χ3v) is 3.28. The van der Waals surface area contributed by atoms with Gasteiger partial charge in [-0.15, -0.1) is 0 Å². The summed E-state index contributed by atoms with van der Waals surface area (Å²) in [6.07, 6.45) is 2.46. The molecule has 1 aliphatic rings. The van der Waals surface area contributed by atoms with Gasteiger partial charge >= 0.3 is 0 Å². The zero-order valence-corrected chi connectivity index (χ0v) is 9.76. The van der Waals surface area contributed by atoms with Gasteiger partial charge in [-0.25, -0.2) is 0 Å². The Morgan fingerprint density at radius 3 is 3.13 bits per heavy atom. The molecule has 0 amide bonds. The second-order valence-corrected chi connectivity index (χ2v) is 4.88. The molecular formula is C11H17N3S. The maximum absolute atomic E-state index is 5.76. The van der Waals surface area contributed by atoms with Gasteiger partial charge in [-0.05, 0) is 35.2 Å². The van der Waals surface area contributed by atoms with Gasteiger partial charge in [0.25, 0.3) is 0 Å². The van der Waals surface area contributed by atoms with E-state index in [0.717, 1.165) is 6.54 Å². The van der Waals surface area contributed by atoms with Crippen molar-refractivity contribution in [3.05, 3.63) is 22.4 Å². The minimum absolute atomic E-state index is 0.454. The molecule has 3 N–H and O–H groups in total. The standard InChI is InChI=1S/C11H17N3S/c1-8(9-4-5-15-7-9)6-13-11(12)14-10-2-3-10/h4-5,7-8,10H,2-3,6H2,1H3,(H3,12,13,14). The predicted molar refractivity (Wildman–Crippen MR) is 65.4 cm³/mol. The molecule has 15 heavy (non-hydrogen) atoms. The number of guanidine groups is 1. The van der Waals surface area contributed by atoms with E-state index in [1.807, 2.05) is 0 Å². The van der Waals surface area contributed by atoms with Crippen molar-refractivity contribution in [3.8, 4) is 0 Å². The number of hydrogen-bond acceptors (Lipinski definition) is 2. The lowest BCUT2D eigenvalue weighted by molar-refractivity contribution is 0.766. The highest BCUT2D eigenvalue weighted by Crippen LogP contribution is 2.19. The van der Waals surface area contributed by atoms with Crippen molar-refractivity contribution in [2.24, 2.45) is 10.7 Å². The summed E-state index contributed by atoms with van der Waals surface area (Å²) >= 11 is 1.73. The molecule has 1 unspecified atom stereocenters. The van der Waals surface area contributed by atoms with E-state index in [1.54, 1.807) is 11.3 Å². The number of aliphatic imine (C=N–C) groups is 1. The molecule has 2 rings (SSSR count). The van der Waals surface area contributed by atoms with Crippen LogP contribution in [-0.4, -0.2) is 18.5 Å². The molecule has 1 aliphatic carbocycles. The summed E-state index contributed by atoms with van der Waals surface area (Å²) in [6.45, 7) is 2.94. The smallest absolute Gasteiger partial charge is 0.188 e. The van der Waals surface area contributed by atoms with E-state index < -0.39 is 0 Å². The molecule has 0 aromatic carbocycles. The highest BCUT2D eigenvalue weighted by atomic mass is 32.1. The average Bonchev–Trinajstić information content (AvgIpc) is 2.86. The van der Waals surface area contributed by atoms with Crippen molar-refractivity contribution in [1.29, 1.82) is 0 Å². The summed E-state index contributed by atoms with van der Waals surface area (Å²) in [4.78, 5) is 4.35. The molecule has 0 aliphatic heterocycles. The SMILES string of the molecule is CC(CN=C(N)NC1CC1)c1ccsc1. The molecule has 0 spiro atoms. The first-order valence-corrected chi connectivity index (χ1v) is 6.28. The summed E-state index contributed by atoms with van der Waals surface area (Å²) < 4.78 is 0. The monoisotopic (exact) mass is 223 g/mol. The van der Waals surface area contributed by atoms with Crippen molar-refractivity contribution in [2.75, 3.05) is 6.54 Å². The van der Waals surface area contributed by atoms with E-state index in [0.29, 0.717) is 17.9 Å². The molecule has 82 valence electrons. The van der Waals surface area contributed by atoms with Crippen LogP contribution in [0.4, 0.5) is 0 Å². The number of nitrogens with zero attached hydrogens (tertiary/aromatic N) is 1. The van der Waals surface area contributed by atoms with E-state index >= 15 is 0 Å². The van der Waals surface area contributed by atoms with Crippen LogP contribution in [0.5, 0.6) is 0 Å². The fourth-order valence-electron chi connectivity index (χ4n) is 1.38. The molecule has 1 saturated carbocycles. The van der Waals surface area contributed by atoms with Gasteiger partial charge in [-0.2, -0.15) is 11.3 Å². The summed E-state index contributed by atoms with van der Waals surface area (Å²) in [6, 6.07) is 2.74. The molecule has 1 fully saturated rings. The van der Waals surface area contributed by atoms with Crippen LogP contribution in [0.15, 0.2) is 21.8 Å². The minimum Gasteiger partial charge on any atom is -0.370 e. The van der Waals surface area contributed by atoms with Crippen LogP contribution in [-0.2, 0) is 0 Å². The lowest BCUT2D eigenvalue weighted by Crippen LogP contribution is -2.33. The van der Waals surface area contributed by atoms with Crippen LogP contribution in [0.2, 0.25) is 0 Å². The van der Waals surface area contributed by atoms with E-state index in [9.17, 15) is 0 Å². The van der Waals surface area contributed by atoms with Crippen molar-refractivity contribution >= 4 is 17.3 Å². The van der Waals surface area contributed by atoms with Crippen LogP contribution < -0.4 is 11.1 Å². The van der Waals surface area contributed by atoms with Gasteiger partial charge in [0.05, 0.1) is 0 Å². The Morgan fingerprint density at radius 2 is 2.53 bits per heavy atom. The molecule has 1 heterocycles. The first kappa shape index (κ1) is 10.5. The maximum atomic E-state index is 5.76. The largest absolute Gasteiger partial charge is 0.370 e. The Labute approximate surface area is 94.4 Å². The summed E-state index contributed by atoms with van der Waals surface area (Å²) in [7, 11) is 0. The number of nitrogens with two attached hydrogens (primary N) is 1. The van der Waals surface area contributed by atoms with E-state index in [1.165, 1.54) is 18.4 Å². The number of rotatable bonds is 4. The van der Waals surface area contributed by atoms with Gasteiger partial charge < -0.3 is 11.1 Å². The molecule has 1 atom stereocenters. The zero-order valence-electron chi connectivity index (χ0n) is 8.94. The molecule has 4 heteroatoms. The lowest BCUT2D eigenvalue weighted by atomic mass is 10.1. The first-order chi connectivity index (χ1) is 7.25. The fraction of sp³-hybridized carbons (Fsp3) is 0.545. The van der Waals surface area contributed by atoms with E-state index in [4.69, 9.17) is 5.73 Å². The number of thiophene rings is 1. The van der Waals surface area contributed by atoms with Gasteiger partial charge in [0.1, 0.15) is 0 Å². The summed E-state index contributed by atoms with van der Waals surface area (Å²) in [5.41, 5.74) is 7.11. The first-order valence-electron chi connectivity index (χ1n) is 5.34. The van der Waals surface area contributed by atoms with E-state index in [2.05, 4.69) is 34.1 Å². The Kier molecular flexibility index (Phi) is 3.26. The number of nitrogens with one attached hydrogen (secondary N) is 1. The van der Waals surface area contributed by atoms with Crippen molar-refractivity contribution in [3.63, 3.8) is 0 Å². The second-order valence-electron chi connectivity index (χ2n) is 4.10. The molecule has 1 aromatic heterocycles. The van der Waals surface area contributed by atoms with Crippen molar-refractivity contribution in [1.82, 2.24) is 5.32 Å². The molecule has 3 nitrogen and oxygen atoms in total. The van der Waals surface area contributed by atoms with E-state index in [-0.39, 0.29) is 0 Å². The van der Waals surface area contributed by atoms with Gasteiger partial charge in [0.15, 0.2) is 5.96 Å².